The zero-order valence-electron chi connectivity index (χ0n) is 25.8. The van der Waals surface area contributed by atoms with E-state index in [0.717, 1.165) is 12.1 Å². The highest BCUT2D eigenvalue weighted by Gasteiger charge is 2.46. The fourth-order valence-electron chi connectivity index (χ4n) is 5.65. The van der Waals surface area contributed by atoms with E-state index in [-0.39, 0.29) is 42.1 Å². The molecule has 46 heavy (non-hydrogen) atoms. The Labute approximate surface area is 263 Å². The van der Waals surface area contributed by atoms with Crippen LogP contribution in [0.4, 0.5) is 24.1 Å². The molecule has 3 aromatic heterocycles. The maximum atomic E-state index is 14.2. The maximum Gasteiger partial charge on any atom is 0.411 e. The first-order valence-electron chi connectivity index (χ1n) is 14.6. The van der Waals surface area contributed by atoms with Crippen LogP contribution in [0.5, 0.6) is 5.88 Å². The smallest absolute Gasteiger partial charge is 0.411 e. The van der Waals surface area contributed by atoms with E-state index in [4.69, 9.17) is 15.2 Å². The number of methoxy groups -OCH3 is 1. The second-order valence-corrected chi connectivity index (χ2v) is 11.6. The minimum Gasteiger partial charge on any atom is -0.453 e. The Morgan fingerprint density at radius 1 is 1.09 bits per heavy atom. The third kappa shape index (κ3) is 6.43. The van der Waals surface area contributed by atoms with Gasteiger partial charge in [0, 0.05) is 24.6 Å². The first kappa shape index (κ1) is 32.2. The Morgan fingerprint density at radius 3 is 2.57 bits per heavy atom. The first-order valence-corrected chi connectivity index (χ1v) is 14.6. The number of imidazole rings is 1. The van der Waals surface area contributed by atoms with Crippen molar-refractivity contribution in [3.63, 3.8) is 0 Å². The number of hydrogen-bond acceptors (Lipinski definition) is 10. The minimum absolute atomic E-state index is 0.0340. The second kappa shape index (κ2) is 13.0. The van der Waals surface area contributed by atoms with Crippen molar-refractivity contribution in [1.82, 2.24) is 29.8 Å². The molecule has 3 N–H and O–H groups in total. The summed E-state index contributed by atoms with van der Waals surface area (Å²) in [4.78, 5) is 57.0. The molecule has 15 heteroatoms. The van der Waals surface area contributed by atoms with Crippen molar-refractivity contribution in [2.45, 2.75) is 45.7 Å². The molecule has 0 bridgehead atoms. The molecule has 1 aliphatic rings. The number of pyridine rings is 1. The molecule has 2 atom stereocenters. The van der Waals surface area contributed by atoms with Gasteiger partial charge in [0.15, 0.2) is 28.6 Å². The summed E-state index contributed by atoms with van der Waals surface area (Å²) in [6, 6.07) is 5.25. The molecule has 0 aliphatic carbocycles. The Kier molecular flexibility index (Phi) is 9.12. The van der Waals surface area contributed by atoms with E-state index in [1.165, 1.54) is 25.8 Å². The third-order valence-electron chi connectivity index (χ3n) is 8.33. The van der Waals surface area contributed by atoms with E-state index < -0.39 is 29.4 Å². The lowest BCUT2D eigenvalue weighted by Crippen LogP contribution is -2.65. The van der Waals surface area contributed by atoms with Crippen molar-refractivity contribution in [3.8, 4) is 17.1 Å². The third-order valence-corrected chi connectivity index (χ3v) is 8.33. The molecular weight excluding hydrogens is 602 g/mol. The van der Waals surface area contributed by atoms with Gasteiger partial charge in [-0.1, -0.05) is 20.8 Å². The Morgan fingerprint density at radius 2 is 1.87 bits per heavy atom. The van der Waals surface area contributed by atoms with Crippen LogP contribution in [0.2, 0.25) is 0 Å². The topological polar surface area (TPSA) is 167 Å². The Balaban J connectivity index is 1.60. The lowest BCUT2D eigenvalue weighted by atomic mass is 9.76. The van der Waals surface area contributed by atoms with Crippen LogP contribution in [0.15, 0.2) is 43.1 Å². The molecule has 4 heterocycles. The van der Waals surface area contributed by atoms with Gasteiger partial charge in [0.1, 0.15) is 11.9 Å². The highest BCUT2D eigenvalue weighted by Crippen LogP contribution is 2.34. The highest BCUT2D eigenvalue weighted by atomic mass is 19.2. The van der Waals surface area contributed by atoms with E-state index >= 15 is 0 Å². The molecule has 4 aromatic rings. The number of halogens is 2. The van der Waals surface area contributed by atoms with Gasteiger partial charge in [-0.25, -0.2) is 28.3 Å². The van der Waals surface area contributed by atoms with E-state index in [1.807, 2.05) is 25.7 Å². The van der Waals surface area contributed by atoms with E-state index in [9.17, 15) is 23.2 Å². The van der Waals surface area contributed by atoms with Gasteiger partial charge in [-0.05, 0) is 48.6 Å². The number of piperidine rings is 1. The number of amides is 2. The molecule has 242 valence electrons. The van der Waals surface area contributed by atoms with Gasteiger partial charge < -0.3 is 30.0 Å². The summed E-state index contributed by atoms with van der Waals surface area (Å²) >= 11 is 0. The number of carbonyl (C=O) groups excluding carboxylic acids is 3. The van der Waals surface area contributed by atoms with Crippen LogP contribution in [-0.2, 0) is 16.1 Å². The number of nitrogens with two attached hydrogens (primary N) is 1. The number of rotatable bonds is 9. The average Bonchev–Trinajstić information content (AvgIpc) is 3.44. The molecule has 0 radical (unpaired) electrons. The van der Waals surface area contributed by atoms with Gasteiger partial charge in [0.25, 0.3) is 5.88 Å². The molecule has 1 saturated heterocycles. The lowest BCUT2D eigenvalue weighted by Gasteiger charge is -2.44. The number of ketones is 1. The van der Waals surface area contributed by atoms with Crippen LogP contribution in [0.1, 0.15) is 39.2 Å². The summed E-state index contributed by atoms with van der Waals surface area (Å²) in [7, 11) is 1.25. The number of aromatic nitrogens is 5. The Bertz CT molecular complexity index is 1800. The first-order chi connectivity index (χ1) is 21.9. The van der Waals surface area contributed by atoms with Gasteiger partial charge in [-0.15, -0.1) is 0 Å². The van der Waals surface area contributed by atoms with Gasteiger partial charge in [0.2, 0.25) is 0 Å². The normalized spacial score (nSPS) is 17.2. The van der Waals surface area contributed by atoms with Crippen LogP contribution >= 0.6 is 0 Å². The fraction of sp³-hybridized carbons (Fsp3) is 0.387. The largest absolute Gasteiger partial charge is 0.453 e. The molecule has 0 spiro atoms. The number of primary amides is 1. The molecule has 0 saturated carbocycles. The van der Waals surface area contributed by atoms with Crippen LogP contribution in [0.25, 0.3) is 22.4 Å². The highest BCUT2D eigenvalue weighted by molar-refractivity contribution is 5.94. The van der Waals surface area contributed by atoms with Gasteiger partial charge in [0.05, 0.1) is 37.6 Å². The molecule has 5 rings (SSSR count). The zero-order valence-corrected chi connectivity index (χ0v) is 25.8. The van der Waals surface area contributed by atoms with E-state index in [2.05, 4.69) is 25.3 Å². The predicted molar refractivity (Wildman–Crippen MR) is 163 cm³/mol. The predicted octanol–water partition coefficient (Wildman–Crippen LogP) is 4.23. The summed E-state index contributed by atoms with van der Waals surface area (Å²) in [5.74, 6) is -2.53. The number of nitrogens with one attached hydrogen (secondary N) is 1. The number of benzene rings is 1. The quantitative estimate of drug-likeness (QED) is 0.271. The zero-order chi connectivity index (χ0) is 33.2. The van der Waals surface area contributed by atoms with Gasteiger partial charge in [-0.3, -0.25) is 9.78 Å². The fourth-order valence-corrected chi connectivity index (χ4v) is 5.65. The molecule has 13 nitrogen and oxygen atoms in total. The molecule has 2 unspecified atom stereocenters. The van der Waals surface area contributed by atoms with Crippen molar-refractivity contribution in [2.24, 2.45) is 17.6 Å². The standard InChI is InChI=1S/C31H34F2N8O5/c1-17(2)18(3)26(42)31(39-30(44)45-4)8-5-9-40(14-31)24-12-35-23(19-6-7-21(32)22(33)10-19)11-20(24)13-41-16-38-25-27(41)36-15-37-28(25)46-29(34)43/h6-7,10-12,15-18H,5,8-9,13-14H2,1-4H3,(H2,34,43)(H,39,44). The van der Waals surface area contributed by atoms with Crippen molar-refractivity contribution in [2.75, 3.05) is 25.1 Å². The SMILES string of the molecule is COC(=O)NC1(C(=O)C(C)C(C)C)CCCN(c2cnc(-c3ccc(F)c(F)c3)cc2Cn2cnc3c(OC(N)=O)ncnc32)C1. The number of Topliss-reactive ketones (excluding diaryl/α,β-unsaturated/α-hetero) is 1. The van der Waals surface area contributed by atoms with Crippen LogP contribution in [0, 0.1) is 23.5 Å². The number of hydrogen-bond donors (Lipinski definition) is 2. The summed E-state index contributed by atoms with van der Waals surface area (Å²) < 4.78 is 39.5. The summed E-state index contributed by atoms with van der Waals surface area (Å²) in [5, 5.41) is 2.84. The lowest BCUT2D eigenvalue weighted by molar-refractivity contribution is -0.130. The maximum absolute atomic E-state index is 14.2. The van der Waals surface area contributed by atoms with E-state index in [0.29, 0.717) is 47.5 Å². The summed E-state index contributed by atoms with van der Waals surface area (Å²) in [6.07, 6.45) is 3.51. The van der Waals surface area contributed by atoms with Crippen molar-refractivity contribution in [3.05, 3.63) is 60.3 Å². The van der Waals surface area contributed by atoms with Gasteiger partial charge >= 0.3 is 12.2 Å². The number of alkyl carbamates (subject to hydrolysis) is 1. The molecule has 1 aromatic carbocycles. The number of ether oxygens (including phenoxy) is 2. The number of nitrogens with zero attached hydrogens (tertiary/aromatic N) is 6. The molecule has 1 fully saturated rings. The number of fused-ring (bicyclic) bond motifs is 1. The van der Waals surface area contributed by atoms with E-state index in [1.54, 1.807) is 16.8 Å². The molecular formula is C31H34F2N8O5. The Hall–Kier alpha value is -5.21. The average molecular weight is 637 g/mol. The summed E-state index contributed by atoms with van der Waals surface area (Å²) in [5.41, 5.74) is 6.51. The summed E-state index contributed by atoms with van der Waals surface area (Å²) in [6.45, 7) is 6.58. The van der Waals surface area contributed by atoms with Crippen molar-refractivity contribution in [1.29, 1.82) is 0 Å². The monoisotopic (exact) mass is 636 g/mol. The number of anilines is 1. The van der Waals surface area contributed by atoms with Gasteiger partial charge in [-0.2, -0.15) is 4.98 Å². The minimum atomic E-state index is -1.24. The van der Waals surface area contributed by atoms with Crippen LogP contribution in [-0.4, -0.2) is 68.2 Å². The molecule has 2 amide bonds. The number of carbonyl (C=O) groups is 3. The van der Waals surface area contributed by atoms with Crippen molar-refractivity contribution < 1.29 is 32.6 Å². The second-order valence-electron chi connectivity index (χ2n) is 11.6. The van der Waals surface area contributed by atoms with Crippen molar-refractivity contribution >= 4 is 34.8 Å². The molecule has 1 aliphatic heterocycles. The van der Waals surface area contributed by atoms with Crippen LogP contribution < -0.4 is 20.7 Å². The van der Waals surface area contributed by atoms with Crippen LogP contribution in [0.3, 0.4) is 0 Å².